The highest BCUT2D eigenvalue weighted by Crippen LogP contribution is 2.37. The minimum absolute atomic E-state index is 0.0421. The summed E-state index contributed by atoms with van der Waals surface area (Å²) < 4.78 is 33.1. The zero-order chi connectivity index (χ0) is 20.3. The van der Waals surface area contributed by atoms with Gasteiger partial charge < -0.3 is 10.1 Å². The van der Waals surface area contributed by atoms with Crippen LogP contribution in [-0.2, 0) is 4.74 Å². The van der Waals surface area contributed by atoms with E-state index in [4.69, 9.17) is 4.74 Å². The quantitative estimate of drug-likeness (QED) is 0.566. The van der Waals surface area contributed by atoms with Crippen LogP contribution in [-0.4, -0.2) is 47.2 Å². The first kappa shape index (κ1) is 20.9. The highest BCUT2D eigenvalue weighted by atomic mass is 19.1. The summed E-state index contributed by atoms with van der Waals surface area (Å²) in [6.07, 6.45) is 6.24. The maximum atomic E-state index is 13.8. The molecular formula is C20H29F2N3O3. The molecule has 2 aliphatic rings. The first-order valence-corrected chi connectivity index (χ1v) is 10.1. The molecule has 0 atom stereocenters. The lowest BCUT2D eigenvalue weighted by molar-refractivity contribution is -0.386. The molecule has 156 valence electrons. The highest BCUT2D eigenvalue weighted by molar-refractivity contribution is 5.62. The SMILES string of the molecule is CCO[C@H]1CC[C@](C)(N2CCC(Nc3cc(F)cc(F)c3[N+](=O)[O-])CC2)CC1. The predicted octanol–water partition coefficient (Wildman–Crippen LogP) is 4.49. The Morgan fingerprint density at radius 1 is 1.25 bits per heavy atom. The molecule has 1 aromatic carbocycles. The molecule has 6 nitrogen and oxygen atoms in total. The summed E-state index contributed by atoms with van der Waals surface area (Å²) in [5.74, 6) is -1.97. The molecule has 3 rings (SSSR count). The van der Waals surface area contributed by atoms with Gasteiger partial charge in [0.2, 0.25) is 5.82 Å². The average Bonchev–Trinajstić information content (AvgIpc) is 2.63. The Hall–Kier alpha value is -1.80. The second-order valence-corrected chi connectivity index (χ2v) is 8.10. The Bertz CT molecular complexity index is 700. The third-order valence-corrected chi connectivity index (χ3v) is 6.24. The third-order valence-electron chi connectivity index (χ3n) is 6.24. The van der Waals surface area contributed by atoms with Gasteiger partial charge in [-0.15, -0.1) is 0 Å². The number of anilines is 1. The van der Waals surface area contributed by atoms with Gasteiger partial charge in [0.05, 0.1) is 11.0 Å². The van der Waals surface area contributed by atoms with Gasteiger partial charge in [0.15, 0.2) is 0 Å². The molecule has 2 fully saturated rings. The Labute approximate surface area is 164 Å². The van der Waals surface area contributed by atoms with E-state index in [0.717, 1.165) is 64.3 Å². The van der Waals surface area contributed by atoms with Gasteiger partial charge in [0.25, 0.3) is 0 Å². The van der Waals surface area contributed by atoms with Gasteiger partial charge >= 0.3 is 5.69 Å². The third kappa shape index (κ3) is 4.60. The van der Waals surface area contributed by atoms with Crippen LogP contribution < -0.4 is 5.32 Å². The molecule has 0 radical (unpaired) electrons. The molecular weight excluding hydrogens is 368 g/mol. The summed E-state index contributed by atoms with van der Waals surface area (Å²) in [6, 6.07) is 1.51. The van der Waals surface area contributed by atoms with Crippen molar-refractivity contribution in [2.45, 2.75) is 70.1 Å². The van der Waals surface area contributed by atoms with Crippen LogP contribution >= 0.6 is 0 Å². The second-order valence-electron chi connectivity index (χ2n) is 8.10. The van der Waals surface area contributed by atoms with Crippen LogP contribution in [0.25, 0.3) is 0 Å². The number of rotatable bonds is 6. The van der Waals surface area contributed by atoms with Crippen molar-refractivity contribution in [3.8, 4) is 0 Å². The predicted molar refractivity (Wildman–Crippen MR) is 104 cm³/mol. The van der Waals surface area contributed by atoms with E-state index >= 15 is 0 Å². The lowest BCUT2D eigenvalue weighted by Gasteiger charge is -2.48. The molecule has 1 aliphatic heterocycles. The fraction of sp³-hybridized carbons (Fsp3) is 0.700. The molecule has 1 saturated heterocycles. The van der Waals surface area contributed by atoms with E-state index in [1.54, 1.807) is 0 Å². The number of likely N-dealkylation sites (tertiary alicyclic amines) is 1. The summed E-state index contributed by atoms with van der Waals surface area (Å²) in [4.78, 5) is 12.8. The molecule has 0 bridgehead atoms. The minimum atomic E-state index is -1.15. The number of hydrogen-bond acceptors (Lipinski definition) is 5. The number of benzene rings is 1. The zero-order valence-corrected chi connectivity index (χ0v) is 16.5. The first-order chi connectivity index (χ1) is 13.3. The van der Waals surface area contributed by atoms with Crippen molar-refractivity contribution in [3.63, 3.8) is 0 Å². The van der Waals surface area contributed by atoms with Gasteiger partial charge in [-0.25, -0.2) is 4.39 Å². The fourth-order valence-corrected chi connectivity index (χ4v) is 4.58. The van der Waals surface area contributed by atoms with Crippen LogP contribution in [0.15, 0.2) is 12.1 Å². The number of hydrogen-bond donors (Lipinski definition) is 1. The fourth-order valence-electron chi connectivity index (χ4n) is 4.58. The summed E-state index contributed by atoms with van der Waals surface area (Å²) in [5.41, 5.74) is -0.621. The standard InChI is InChI=1S/C20H29F2N3O3/c1-3-28-16-4-8-20(2,9-5-16)24-10-6-15(7-11-24)23-18-13-14(21)12-17(22)19(18)25(26)27/h12-13,15-16,23H,3-11H2,1-2H3/t16-,20-. The Morgan fingerprint density at radius 2 is 1.89 bits per heavy atom. The second kappa shape index (κ2) is 8.69. The normalized spacial score (nSPS) is 26.9. The van der Waals surface area contributed by atoms with E-state index in [2.05, 4.69) is 17.1 Å². The van der Waals surface area contributed by atoms with E-state index in [0.29, 0.717) is 12.2 Å². The van der Waals surface area contributed by atoms with E-state index in [9.17, 15) is 18.9 Å². The number of piperidine rings is 1. The first-order valence-electron chi connectivity index (χ1n) is 10.1. The lowest BCUT2D eigenvalue weighted by Crippen LogP contribution is -2.53. The van der Waals surface area contributed by atoms with Crippen molar-refractivity contribution < 1.29 is 18.4 Å². The molecule has 1 heterocycles. The van der Waals surface area contributed by atoms with Gasteiger partial charge in [-0.05, 0) is 52.4 Å². The molecule has 0 unspecified atom stereocenters. The van der Waals surface area contributed by atoms with Crippen molar-refractivity contribution in [2.24, 2.45) is 0 Å². The summed E-state index contributed by atoms with van der Waals surface area (Å²) in [5, 5.41) is 14.2. The highest BCUT2D eigenvalue weighted by Gasteiger charge is 2.38. The molecule has 1 saturated carbocycles. The molecule has 0 amide bonds. The molecule has 28 heavy (non-hydrogen) atoms. The molecule has 0 aromatic heterocycles. The Balaban J connectivity index is 1.59. The number of ether oxygens (including phenoxy) is 1. The van der Waals surface area contributed by atoms with Crippen molar-refractivity contribution >= 4 is 11.4 Å². The Kier molecular flexibility index (Phi) is 6.50. The molecule has 1 aliphatic carbocycles. The van der Waals surface area contributed by atoms with Gasteiger partial charge in [-0.3, -0.25) is 15.0 Å². The van der Waals surface area contributed by atoms with Crippen LogP contribution in [0.3, 0.4) is 0 Å². The topological polar surface area (TPSA) is 67.6 Å². The van der Waals surface area contributed by atoms with Crippen LogP contribution in [0.2, 0.25) is 0 Å². The van der Waals surface area contributed by atoms with Gasteiger partial charge in [0.1, 0.15) is 11.5 Å². The number of nitrogens with one attached hydrogen (secondary N) is 1. The molecule has 1 aromatic rings. The summed E-state index contributed by atoms with van der Waals surface area (Å²) >= 11 is 0. The minimum Gasteiger partial charge on any atom is -0.379 e. The van der Waals surface area contributed by atoms with Crippen LogP contribution in [0, 0.1) is 21.7 Å². The molecule has 1 N–H and O–H groups in total. The summed E-state index contributed by atoms with van der Waals surface area (Å²) in [6.45, 7) is 6.81. The molecule has 8 heteroatoms. The smallest absolute Gasteiger partial charge is 0.327 e. The average molecular weight is 397 g/mol. The van der Waals surface area contributed by atoms with Crippen molar-refractivity contribution in [1.82, 2.24) is 4.90 Å². The Morgan fingerprint density at radius 3 is 2.46 bits per heavy atom. The van der Waals surface area contributed by atoms with Crippen molar-refractivity contribution in [1.29, 1.82) is 0 Å². The van der Waals surface area contributed by atoms with Crippen LogP contribution in [0.5, 0.6) is 0 Å². The maximum Gasteiger partial charge on any atom is 0.327 e. The largest absolute Gasteiger partial charge is 0.379 e. The monoisotopic (exact) mass is 397 g/mol. The lowest BCUT2D eigenvalue weighted by atomic mass is 9.79. The maximum absolute atomic E-state index is 13.8. The summed E-state index contributed by atoms with van der Waals surface area (Å²) in [7, 11) is 0. The van der Waals surface area contributed by atoms with E-state index < -0.39 is 22.2 Å². The number of nitrogens with zero attached hydrogens (tertiary/aromatic N) is 2. The van der Waals surface area contributed by atoms with Crippen LogP contribution in [0.4, 0.5) is 20.2 Å². The van der Waals surface area contributed by atoms with Crippen molar-refractivity contribution in [3.05, 3.63) is 33.9 Å². The zero-order valence-electron chi connectivity index (χ0n) is 16.5. The van der Waals surface area contributed by atoms with Gasteiger partial charge in [-0.2, -0.15) is 4.39 Å². The van der Waals surface area contributed by atoms with Gasteiger partial charge in [0, 0.05) is 43.4 Å². The number of nitro groups is 1. The van der Waals surface area contributed by atoms with Crippen LogP contribution in [0.1, 0.15) is 52.4 Å². The number of halogens is 2. The van der Waals surface area contributed by atoms with Crippen molar-refractivity contribution in [2.75, 3.05) is 25.0 Å². The van der Waals surface area contributed by atoms with E-state index in [1.165, 1.54) is 0 Å². The van der Waals surface area contributed by atoms with Gasteiger partial charge in [-0.1, -0.05) is 0 Å². The van der Waals surface area contributed by atoms with E-state index in [-0.39, 0.29) is 17.3 Å². The van der Waals surface area contributed by atoms with E-state index in [1.807, 2.05) is 6.92 Å². The number of nitro benzene ring substituents is 1. The molecule has 0 spiro atoms.